The largest absolute Gasteiger partial charge is 0.302 e. The fraction of sp³-hybridized carbons (Fsp3) is 0.750. The number of nitrogens with one attached hydrogen (secondary N) is 1. The monoisotopic (exact) mass is 140 g/mol. The Morgan fingerprint density at radius 2 is 2.20 bits per heavy atom. The van der Waals surface area contributed by atoms with Crippen LogP contribution in [0.1, 0.15) is 13.3 Å². The SMILES string of the molecule is CCC1C=CC(NC)N1C. The van der Waals surface area contributed by atoms with Gasteiger partial charge in [0.25, 0.3) is 0 Å². The summed E-state index contributed by atoms with van der Waals surface area (Å²) in [7, 11) is 4.14. The van der Waals surface area contributed by atoms with Crippen LogP contribution in [-0.4, -0.2) is 31.2 Å². The third kappa shape index (κ3) is 1.22. The smallest absolute Gasteiger partial charge is 0.0789 e. The number of hydrogen-bond acceptors (Lipinski definition) is 2. The van der Waals surface area contributed by atoms with E-state index in [1.54, 1.807) is 0 Å². The molecule has 0 aromatic carbocycles. The molecule has 0 fully saturated rings. The number of hydrogen-bond donors (Lipinski definition) is 1. The molecule has 1 aliphatic heterocycles. The van der Waals surface area contributed by atoms with Crippen molar-refractivity contribution in [3.63, 3.8) is 0 Å². The van der Waals surface area contributed by atoms with Crippen LogP contribution in [0.5, 0.6) is 0 Å². The van der Waals surface area contributed by atoms with Crippen molar-refractivity contribution in [2.45, 2.75) is 25.6 Å². The summed E-state index contributed by atoms with van der Waals surface area (Å²) in [6.07, 6.45) is 6.13. The Morgan fingerprint density at radius 3 is 2.50 bits per heavy atom. The lowest BCUT2D eigenvalue weighted by Crippen LogP contribution is -2.40. The summed E-state index contributed by atoms with van der Waals surface area (Å²) in [6, 6.07) is 0.637. The average molecular weight is 140 g/mol. The number of rotatable bonds is 2. The van der Waals surface area contributed by atoms with Gasteiger partial charge in [-0.3, -0.25) is 4.90 Å². The highest BCUT2D eigenvalue weighted by atomic mass is 15.3. The molecule has 58 valence electrons. The molecule has 1 N–H and O–H groups in total. The summed E-state index contributed by atoms with van der Waals surface area (Å²) in [4.78, 5) is 2.33. The minimum absolute atomic E-state index is 0.449. The molecule has 1 heterocycles. The van der Waals surface area contributed by atoms with Crippen molar-refractivity contribution < 1.29 is 0 Å². The molecule has 2 heteroatoms. The van der Waals surface area contributed by atoms with E-state index in [1.807, 2.05) is 7.05 Å². The summed E-state index contributed by atoms with van der Waals surface area (Å²) < 4.78 is 0. The van der Waals surface area contributed by atoms with Gasteiger partial charge >= 0.3 is 0 Å². The Balaban J connectivity index is 2.49. The highest BCUT2D eigenvalue weighted by Gasteiger charge is 2.21. The Kier molecular flexibility index (Phi) is 2.46. The van der Waals surface area contributed by atoms with Gasteiger partial charge in [0, 0.05) is 6.04 Å². The second-order valence-corrected chi connectivity index (χ2v) is 2.76. The summed E-state index contributed by atoms with van der Waals surface area (Å²) in [5.74, 6) is 0. The molecule has 1 aliphatic rings. The molecule has 0 saturated carbocycles. The van der Waals surface area contributed by atoms with E-state index < -0.39 is 0 Å². The maximum Gasteiger partial charge on any atom is 0.0789 e. The van der Waals surface area contributed by atoms with Gasteiger partial charge in [0.1, 0.15) is 0 Å². The molecule has 10 heavy (non-hydrogen) atoms. The van der Waals surface area contributed by atoms with Crippen molar-refractivity contribution in [1.82, 2.24) is 10.2 Å². The molecule has 0 amide bonds. The van der Waals surface area contributed by atoms with Gasteiger partial charge in [-0.2, -0.15) is 0 Å². The van der Waals surface area contributed by atoms with Gasteiger partial charge in [-0.25, -0.2) is 0 Å². The lowest BCUT2D eigenvalue weighted by Gasteiger charge is -2.24. The molecule has 0 aromatic rings. The van der Waals surface area contributed by atoms with Crippen LogP contribution in [0.4, 0.5) is 0 Å². The van der Waals surface area contributed by atoms with Crippen LogP contribution in [0.2, 0.25) is 0 Å². The third-order valence-electron chi connectivity index (χ3n) is 2.19. The lowest BCUT2D eigenvalue weighted by atomic mass is 10.2. The van der Waals surface area contributed by atoms with Crippen molar-refractivity contribution in [2.24, 2.45) is 0 Å². The molecule has 2 unspecified atom stereocenters. The highest BCUT2D eigenvalue weighted by molar-refractivity contribution is 5.07. The van der Waals surface area contributed by atoms with E-state index in [0.717, 1.165) is 0 Å². The minimum atomic E-state index is 0.449. The average Bonchev–Trinajstić information content (AvgIpc) is 2.30. The second-order valence-electron chi connectivity index (χ2n) is 2.76. The minimum Gasteiger partial charge on any atom is -0.302 e. The molecule has 0 saturated heterocycles. The van der Waals surface area contributed by atoms with E-state index in [2.05, 4.69) is 36.3 Å². The fourth-order valence-corrected chi connectivity index (χ4v) is 1.44. The Morgan fingerprint density at radius 1 is 1.50 bits per heavy atom. The van der Waals surface area contributed by atoms with Crippen molar-refractivity contribution in [3.8, 4) is 0 Å². The lowest BCUT2D eigenvalue weighted by molar-refractivity contribution is 0.232. The summed E-state index contributed by atoms with van der Waals surface area (Å²) in [6.45, 7) is 2.21. The molecular formula is C8H16N2. The molecule has 0 bridgehead atoms. The topological polar surface area (TPSA) is 15.3 Å². The Labute approximate surface area is 62.9 Å². The van der Waals surface area contributed by atoms with Crippen LogP contribution in [0.3, 0.4) is 0 Å². The Bertz CT molecular complexity index is 117. The first-order valence-corrected chi connectivity index (χ1v) is 3.87. The van der Waals surface area contributed by atoms with Crippen LogP contribution >= 0.6 is 0 Å². The van der Waals surface area contributed by atoms with Gasteiger partial charge in [0.15, 0.2) is 0 Å². The molecular weight excluding hydrogens is 124 g/mol. The summed E-state index contributed by atoms with van der Waals surface area (Å²) in [5, 5.41) is 3.22. The van der Waals surface area contributed by atoms with Gasteiger partial charge in [-0.05, 0) is 20.5 Å². The number of nitrogens with zero attached hydrogens (tertiary/aromatic N) is 1. The maximum atomic E-state index is 3.22. The number of likely N-dealkylation sites (N-methyl/N-ethyl adjacent to an activating group) is 2. The molecule has 0 aromatic heterocycles. The molecule has 2 nitrogen and oxygen atoms in total. The molecule has 0 spiro atoms. The predicted molar refractivity (Wildman–Crippen MR) is 43.8 cm³/mol. The molecule has 1 rings (SSSR count). The van der Waals surface area contributed by atoms with Crippen LogP contribution in [0.25, 0.3) is 0 Å². The first-order valence-electron chi connectivity index (χ1n) is 3.87. The van der Waals surface area contributed by atoms with E-state index in [4.69, 9.17) is 0 Å². The second kappa shape index (κ2) is 3.17. The van der Waals surface area contributed by atoms with E-state index in [0.29, 0.717) is 12.2 Å². The zero-order chi connectivity index (χ0) is 7.56. The zero-order valence-corrected chi connectivity index (χ0v) is 6.96. The van der Waals surface area contributed by atoms with Crippen molar-refractivity contribution >= 4 is 0 Å². The zero-order valence-electron chi connectivity index (χ0n) is 6.96. The normalized spacial score (nSPS) is 33.5. The quantitative estimate of drug-likeness (QED) is 0.571. The summed E-state index contributed by atoms with van der Waals surface area (Å²) >= 11 is 0. The van der Waals surface area contributed by atoms with Crippen LogP contribution < -0.4 is 5.32 Å². The molecule has 0 aliphatic carbocycles. The van der Waals surface area contributed by atoms with E-state index in [1.165, 1.54) is 6.42 Å². The molecule has 2 atom stereocenters. The van der Waals surface area contributed by atoms with Gasteiger partial charge in [0.05, 0.1) is 6.17 Å². The van der Waals surface area contributed by atoms with Crippen LogP contribution in [-0.2, 0) is 0 Å². The van der Waals surface area contributed by atoms with Crippen molar-refractivity contribution in [2.75, 3.05) is 14.1 Å². The standard InChI is InChI=1S/C8H16N2/c1-4-7-5-6-8(9-2)10(7)3/h5-9H,4H2,1-3H3. The first-order chi connectivity index (χ1) is 4.79. The fourth-order valence-electron chi connectivity index (χ4n) is 1.44. The van der Waals surface area contributed by atoms with Crippen LogP contribution in [0, 0.1) is 0 Å². The Hall–Kier alpha value is -0.340. The van der Waals surface area contributed by atoms with E-state index in [9.17, 15) is 0 Å². The predicted octanol–water partition coefficient (Wildman–Crippen LogP) is 0.812. The molecule has 0 radical (unpaired) electrons. The van der Waals surface area contributed by atoms with Crippen molar-refractivity contribution in [3.05, 3.63) is 12.2 Å². The van der Waals surface area contributed by atoms with Crippen molar-refractivity contribution in [1.29, 1.82) is 0 Å². The summed E-state index contributed by atoms with van der Waals surface area (Å²) in [5.41, 5.74) is 0. The third-order valence-corrected chi connectivity index (χ3v) is 2.19. The first kappa shape index (κ1) is 7.76. The van der Waals surface area contributed by atoms with Crippen LogP contribution in [0.15, 0.2) is 12.2 Å². The van der Waals surface area contributed by atoms with E-state index in [-0.39, 0.29) is 0 Å². The van der Waals surface area contributed by atoms with Gasteiger partial charge in [-0.15, -0.1) is 0 Å². The van der Waals surface area contributed by atoms with Gasteiger partial charge in [-0.1, -0.05) is 19.1 Å². The van der Waals surface area contributed by atoms with Gasteiger partial charge < -0.3 is 5.32 Å². The van der Waals surface area contributed by atoms with Gasteiger partial charge in [0.2, 0.25) is 0 Å². The maximum absolute atomic E-state index is 3.22. The highest BCUT2D eigenvalue weighted by Crippen LogP contribution is 2.14. The van der Waals surface area contributed by atoms with E-state index >= 15 is 0 Å².